The van der Waals surface area contributed by atoms with Crippen LogP contribution in [0.5, 0.6) is 5.75 Å². The molecule has 8 heteroatoms. The van der Waals surface area contributed by atoms with Gasteiger partial charge in [0.05, 0.1) is 10.6 Å². The Kier molecular flexibility index (Phi) is 6.90. The van der Waals surface area contributed by atoms with Crippen molar-refractivity contribution in [2.75, 3.05) is 16.8 Å². The maximum atomic E-state index is 13.0. The van der Waals surface area contributed by atoms with E-state index in [1.54, 1.807) is 54.6 Å². The van der Waals surface area contributed by atoms with Crippen LogP contribution in [0.25, 0.3) is 6.08 Å². The van der Waals surface area contributed by atoms with Gasteiger partial charge in [0.2, 0.25) is 0 Å². The molecule has 1 heterocycles. The summed E-state index contributed by atoms with van der Waals surface area (Å²) in [5, 5.41) is 3.36. The lowest BCUT2D eigenvalue weighted by atomic mass is 10.2. The number of amides is 2. The number of carbonyl (C=O) groups is 2. The van der Waals surface area contributed by atoms with Gasteiger partial charge in [-0.05, 0) is 48.5 Å². The average Bonchev–Trinajstić information content (AvgIpc) is 3.07. The summed E-state index contributed by atoms with van der Waals surface area (Å²) in [6.07, 6.45) is 1.72. The van der Waals surface area contributed by atoms with Crippen molar-refractivity contribution >= 4 is 69.2 Å². The molecule has 3 aromatic carbocycles. The number of carbonyl (C=O) groups excluding carboxylic acids is 2. The number of ether oxygens (including phenoxy) is 1. The van der Waals surface area contributed by atoms with E-state index in [0.717, 1.165) is 0 Å². The van der Waals surface area contributed by atoms with Crippen LogP contribution in [0.15, 0.2) is 83.8 Å². The molecule has 1 aliphatic rings. The minimum absolute atomic E-state index is 0.161. The van der Waals surface area contributed by atoms with E-state index in [0.29, 0.717) is 36.9 Å². The molecular weight excluding hydrogens is 464 g/mol. The molecule has 1 aliphatic heterocycles. The average molecular weight is 481 g/mol. The topological polar surface area (TPSA) is 58.6 Å². The molecule has 1 N–H and O–H groups in total. The van der Waals surface area contributed by atoms with Gasteiger partial charge in [-0.1, -0.05) is 72.0 Å². The fraction of sp³-hybridized carbons (Fsp3) is 0.0417. The van der Waals surface area contributed by atoms with Crippen LogP contribution in [-0.4, -0.2) is 22.7 Å². The summed E-state index contributed by atoms with van der Waals surface area (Å²) < 4.78 is 6.16. The predicted molar refractivity (Wildman–Crippen MR) is 134 cm³/mol. The van der Waals surface area contributed by atoms with E-state index in [1.165, 1.54) is 16.7 Å². The summed E-state index contributed by atoms with van der Waals surface area (Å²) in [5.74, 6) is -0.00788. The van der Waals surface area contributed by atoms with Crippen molar-refractivity contribution in [3.05, 3.63) is 94.4 Å². The Morgan fingerprint density at radius 1 is 1.03 bits per heavy atom. The van der Waals surface area contributed by atoms with Crippen LogP contribution in [0.4, 0.5) is 11.4 Å². The molecule has 0 aromatic heterocycles. The van der Waals surface area contributed by atoms with Gasteiger partial charge in [0.15, 0.2) is 10.9 Å². The van der Waals surface area contributed by atoms with Crippen molar-refractivity contribution in [3.8, 4) is 5.75 Å². The number of hydrogen-bond acceptors (Lipinski definition) is 5. The SMILES string of the molecule is O=C(COc1ccccc1/C=C1\SC(=S)N(c2ccc(Cl)cc2)C1=O)Nc1ccccc1. The minimum Gasteiger partial charge on any atom is -0.483 e. The van der Waals surface area contributed by atoms with E-state index in [9.17, 15) is 9.59 Å². The molecule has 5 nitrogen and oxygen atoms in total. The smallest absolute Gasteiger partial charge is 0.270 e. The Labute approximate surface area is 200 Å². The van der Waals surface area contributed by atoms with Gasteiger partial charge >= 0.3 is 0 Å². The summed E-state index contributed by atoms with van der Waals surface area (Å²) >= 11 is 12.6. The fourth-order valence-electron chi connectivity index (χ4n) is 3.01. The molecule has 4 rings (SSSR count). The van der Waals surface area contributed by atoms with E-state index in [2.05, 4.69) is 5.32 Å². The Morgan fingerprint density at radius 2 is 1.72 bits per heavy atom. The molecule has 32 heavy (non-hydrogen) atoms. The molecule has 2 amide bonds. The highest BCUT2D eigenvalue weighted by Gasteiger charge is 2.33. The molecule has 1 saturated heterocycles. The fourth-order valence-corrected chi connectivity index (χ4v) is 4.43. The standard InChI is InChI=1S/C24H17ClN2O3S2/c25-17-10-12-19(13-11-17)27-23(29)21(32-24(27)31)14-16-6-4-5-9-20(16)30-15-22(28)26-18-7-2-1-3-8-18/h1-14H,15H2,(H,26,28)/b21-14-. The van der Waals surface area contributed by atoms with E-state index in [4.69, 9.17) is 28.6 Å². The van der Waals surface area contributed by atoms with Crippen molar-refractivity contribution in [3.63, 3.8) is 0 Å². The molecule has 0 radical (unpaired) electrons. The maximum Gasteiger partial charge on any atom is 0.270 e. The minimum atomic E-state index is -0.278. The quantitative estimate of drug-likeness (QED) is 0.359. The molecule has 0 atom stereocenters. The van der Waals surface area contributed by atoms with Crippen LogP contribution in [-0.2, 0) is 9.59 Å². The van der Waals surface area contributed by atoms with Crippen molar-refractivity contribution in [2.24, 2.45) is 0 Å². The summed E-state index contributed by atoms with van der Waals surface area (Å²) in [6.45, 7) is -0.161. The first-order chi connectivity index (χ1) is 15.5. The van der Waals surface area contributed by atoms with Crippen LogP contribution >= 0.6 is 35.6 Å². The number of halogens is 1. The zero-order valence-electron chi connectivity index (χ0n) is 16.7. The number of anilines is 2. The summed E-state index contributed by atoms with van der Waals surface area (Å²) in [5.41, 5.74) is 2.03. The molecule has 160 valence electrons. The van der Waals surface area contributed by atoms with Crippen LogP contribution in [0.3, 0.4) is 0 Å². The number of para-hydroxylation sites is 2. The van der Waals surface area contributed by atoms with Gasteiger partial charge in [-0.3, -0.25) is 14.5 Å². The lowest BCUT2D eigenvalue weighted by Gasteiger charge is -2.14. The van der Waals surface area contributed by atoms with E-state index in [-0.39, 0.29) is 18.4 Å². The van der Waals surface area contributed by atoms with Gasteiger partial charge in [0.25, 0.3) is 11.8 Å². The zero-order chi connectivity index (χ0) is 22.5. The Bertz CT molecular complexity index is 1200. The highest BCUT2D eigenvalue weighted by Crippen LogP contribution is 2.37. The normalized spacial score (nSPS) is 14.7. The van der Waals surface area contributed by atoms with Crippen molar-refractivity contribution in [1.29, 1.82) is 0 Å². The van der Waals surface area contributed by atoms with Gasteiger partial charge < -0.3 is 10.1 Å². The molecule has 0 bridgehead atoms. The summed E-state index contributed by atoms with van der Waals surface area (Å²) in [4.78, 5) is 27.2. The van der Waals surface area contributed by atoms with Gasteiger partial charge in [-0.2, -0.15) is 0 Å². The summed E-state index contributed by atoms with van der Waals surface area (Å²) in [7, 11) is 0. The number of thiocarbonyl (C=S) groups is 1. The number of hydrogen-bond donors (Lipinski definition) is 1. The third-order valence-electron chi connectivity index (χ3n) is 4.50. The second-order valence-electron chi connectivity index (χ2n) is 6.73. The molecule has 0 unspecified atom stereocenters. The highest BCUT2D eigenvalue weighted by molar-refractivity contribution is 8.27. The second kappa shape index (κ2) is 9.99. The highest BCUT2D eigenvalue weighted by atomic mass is 35.5. The number of rotatable bonds is 6. The van der Waals surface area contributed by atoms with E-state index in [1.807, 2.05) is 30.3 Å². The van der Waals surface area contributed by atoms with E-state index >= 15 is 0 Å². The number of nitrogens with one attached hydrogen (secondary N) is 1. The number of nitrogens with zero attached hydrogens (tertiary/aromatic N) is 1. The lowest BCUT2D eigenvalue weighted by molar-refractivity contribution is -0.118. The monoisotopic (exact) mass is 480 g/mol. The maximum absolute atomic E-state index is 13.0. The largest absolute Gasteiger partial charge is 0.483 e. The third kappa shape index (κ3) is 5.19. The first-order valence-electron chi connectivity index (χ1n) is 9.61. The van der Waals surface area contributed by atoms with Gasteiger partial charge in [0, 0.05) is 16.3 Å². The van der Waals surface area contributed by atoms with Crippen LogP contribution in [0.2, 0.25) is 5.02 Å². The number of thioether (sulfide) groups is 1. The number of benzene rings is 3. The van der Waals surface area contributed by atoms with Crippen molar-refractivity contribution in [1.82, 2.24) is 0 Å². The summed E-state index contributed by atoms with van der Waals surface area (Å²) in [6, 6.07) is 23.3. The lowest BCUT2D eigenvalue weighted by Crippen LogP contribution is -2.27. The van der Waals surface area contributed by atoms with Crippen LogP contribution in [0.1, 0.15) is 5.56 Å². The molecule has 3 aromatic rings. The second-order valence-corrected chi connectivity index (χ2v) is 8.85. The Morgan fingerprint density at radius 3 is 2.47 bits per heavy atom. The van der Waals surface area contributed by atoms with Gasteiger partial charge in [-0.15, -0.1) is 0 Å². The van der Waals surface area contributed by atoms with Crippen LogP contribution < -0.4 is 15.0 Å². The molecule has 0 aliphatic carbocycles. The van der Waals surface area contributed by atoms with Gasteiger partial charge in [-0.25, -0.2) is 0 Å². The molecular formula is C24H17ClN2O3S2. The molecule has 0 spiro atoms. The predicted octanol–water partition coefficient (Wildman–Crippen LogP) is 5.76. The van der Waals surface area contributed by atoms with Gasteiger partial charge in [0.1, 0.15) is 5.75 Å². The molecule has 1 fully saturated rings. The Hall–Kier alpha value is -3.13. The third-order valence-corrected chi connectivity index (χ3v) is 6.05. The Balaban J connectivity index is 1.48. The zero-order valence-corrected chi connectivity index (χ0v) is 19.0. The van der Waals surface area contributed by atoms with E-state index < -0.39 is 0 Å². The van der Waals surface area contributed by atoms with Crippen molar-refractivity contribution in [2.45, 2.75) is 0 Å². The van der Waals surface area contributed by atoms with Crippen molar-refractivity contribution < 1.29 is 14.3 Å². The first-order valence-corrected chi connectivity index (χ1v) is 11.2. The first kappa shape index (κ1) is 22.1. The van der Waals surface area contributed by atoms with Crippen LogP contribution in [0, 0.1) is 0 Å². The molecule has 0 saturated carbocycles.